The monoisotopic (exact) mass is 454 g/mol. The Morgan fingerprint density at radius 3 is 2.19 bits per heavy atom. The first-order valence-electron chi connectivity index (χ1n) is 10.2. The number of carboxylic acid groups (broad SMARTS) is 1. The first-order chi connectivity index (χ1) is 14.7. The number of carboxylic acids is 1. The fourth-order valence-electron chi connectivity index (χ4n) is 3.90. The minimum atomic E-state index is -5.08. The number of hydrogen-bond acceptors (Lipinski definition) is 6. The van der Waals surface area contributed by atoms with E-state index >= 15 is 0 Å². The van der Waals surface area contributed by atoms with Gasteiger partial charge < -0.3 is 10.8 Å². The molecule has 1 aromatic carbocycles. The second-order valence-corrected chi connectivity index (χ2v) is 8.60. The Morgan fingerprint density at radius 2 is 1.71 bits per heavy atom. The third kappa shape index (κ3) is 6.51. The number of rotatable bonds is 3. The summed E-state index contributed by atoms with van der Waals surface area (Å²) in [6.45, 7) is 2.31. The topological polar surface area (TPSA) is 92.3 Å². The molecule has 0 amide bonds. The summed E-state index contributed by atoms with van der Waals surface area (Å²) in [6.07, 6.45) is 5.53. The molecule has 3 N–H and O–H groups in total. The fourth-order valence-corrected chi connectivity index (χ4v) is 4.52. The van der Waals surface area contributed by atoms with Gasteiger partial charge in [0.05, 0.1) is 0 Å². The summed E-state index contributed by atoms with van der Waals surface area (Å²) >= 11 is 1.43. The van der Waals surface area contributed by atoms with Gasteiger partial charge in [0.25, 0.3) is 0 Å². The number of carbonyl (C=O) groups is 1. The Morgan fingerprint density at radius 1 is 1.10 bits per heavy atom. The average molecular weight is 455 g/mol. The van der Waals surface area contributed by atoms with Crippen molar-refractivity contribution in [3.63, 3.8) is 0 Å². The lowest BCUT2D eigenvalue weighted by molar-refractivity contribution is -0.192. The number of nitrogen functional groups attached to an aromatic ring is 1. The zero-order valence-corrected chi connectivity index (χ0v) is 17.8. The summed E-state index contributed by atoms with van der Waals surface area (Å²) in [5.74, 6) is -2.76. The van der Waals surface area contributed by atoms with Gasteiger partial charge in [-0.3, -0.25) is 4.90 Å². The second kappa shape index (κ2) is 10.2. The third-order valence-corrected chi connectivity index (χ3v) is 6.32. The van der Waals surface area contributed by atoms with E-state index in [-0.39, 0.29) is 0 Å². The number of benzene rings is 1. The Labute approximate surface area is 182 Å². The molecule has 1 aliphatic heterocycles. The predicted octanol–water partition coefficient (Wildman–Crippen LogP) is 4.84. The zero-order chi connectivity index (χ0) is 22.4. The van der Waals surface area contributed by atoms with E-state index in [4.69, 9.17) is 15.6 Å². The molecule has 10 heteroatoms. The highest BCUT2D eigenvalue weighted by atomic mass is 32.1. The van der Waals surface area contributed by atoms with E-state index in [0.29, 0.717) is 5.13 Å². The van der Waals surface area contributed by atoms with E-state index in [9.17, 15) is 13.2 Å². The van der Waals surface area contributed by atoms with E-state index in [2.05, 4.69) is 45.4 Å². The van der Waals surface area contributed by atoms with E-state index < -0.39 is 12.1 Å². The summed E-state index contributed by atoms with van der Waals surface area (Å²) in [7, 11) is 0. The van der Waals surface area contributed by atoms with Gasteiger partial charge in [-0.05, 0) is 30.4 Å². The first kappa shape index (κ1) is 23.2. The van der Waals surface area contributed by atoms with Crippen molar-refractivity contribution in [3.05, 3.63) is 35.9 Å². The van der Waals surface area contributed by atoms with Crippen LogP contribution >= 0.6 is 11.3 Å². The molecule has 2 aromatic rings. The number of hydrogen-bond donors (Lipinski definition) is 2. The summed E-state index contributed by atoms with van der Waals surface area (Å²) < 4.78 is 31.7. The van der Waals surface area contributed by atoms with Gasteiger partial charge in [0, 0.05) is 24.7 Å². The molecular formula is C21H25F3N4O2S. The average Bonchev–Trinajstić information content (AvgIpc) is 3.21. The molecule has 31 heavy (non-hydrogen) atoms. The molecule has 0 saturated heterocycles. The van der Waals surface area contributed by atoms with Gasteiger partial charge in [-0.1, -0.05) is 60.9 Å². The molecule has 2 heterocycles. The summed E-state index contributed by atoms with van der Waals surface area (Å²) in [5.41, 5.74) is 9.57. The molecule has 1 saturated carbocycles. The number of alkyl halides is 3. The minimum absolute atomic E-state index is 0.520. The van der Waals surface area contributed by atoms with Crippen LogP contribution in [0.5, 0.6) is 0 Å². The maximum Gasteiger partial charge on any atom is 0.490 e. The third-order valence-electron chi connectivity index (χ3n) is 5.52. The van der Waals surface area contributed by atoms with Crippen LogP contribution in [0.3, 0.4) is 0 Å². The molecule has 0 radical (unpaired) electrons. The van der Waals surface area contributed by atoms with Crippen molar-refractivity contribution in [2.24, 2.45) is 0 Å². The van der Waals surface area contributed by atoms with Crippen molar-refractivity contribution in [1.82, 2.24) is 15.1 Å². The van der Waals surface area contributed by atoms with Gasteiger partial charge >= 0.3 is 12.1 Å². The van der Waals surface area contributed by atoms with Gasteiger partial charge in [-0.15, -0.1) is 10.2 Å². The van der Waals surface area contributed by atoms with Crippen molar-refractivity contribution in [2.75, 3.05) is 18.8 Å². The smallest absolute Gasteiger partial charge is 0.475 e. The van der Waals surface area contributed by atoms with Crippen LogP contribution in [0.25, 0.3) is 16.1 Å². The van der Waals surface area contributed by atoms with Gasteiger partial charge in [-0.2, -0.15) is 13.2 Å². The molecule has 1 aromatic heterocycles. The molecule has 168 valence electrons. The van der Waals surface area contributed by atoms with Crippen molar-refractivity contribution in [2.45, 2.75) is 50.7 Å². The highest BCUT2D eigenvalue weighted by Gasteiger charge is 2.38. The molecular weight excluding hydrogens is 429 g/mol. The number of nitrogens with zero attached hydrogens (tertiary/aromatic N) is 3. The lowest BCUT2D eigenvalue weighted by atomic mass is 9.92. The number of aromatic nitrogens is 2. The van der Waals surface area contributed by atoms with Gasteiger partial charge in [0.2, 0.25) is 5.13 Å². The molecule has 0 unspecified atom stereocenters. The summed E-state index contributed by atoms with van der Waals surface area (Å²) in [6, 6.07) is 9.49. The fraction of sp³-hybridized carbons (Fsp3) is 0.476. The normalized spacial score (nSPS) is 18.1. The maximum absolute atomic E-state index is 10.6. The van der Waals surface area contributed by atoms with Crippen LogP contribution in [0, 0.1) is 0 Å². The number of aliphatic carboxylic acids is 1. The van der Waals surface area contributed by atoms with E-state index in [1.165, 1.54) is 61.1 Å². The molecule has 0 spiro atoms. The maximum atomic E-state index is 10.6. The Bertz CT molecular complexity index is 906. The Hall–Kier alpha value is -2.46. The van der Waals surface area contributed by atoms with Crippen molar-refractivity contribution < 1.29 is 23.1 Å². The zero-order valence-electron chi connectivity index (χ0n) is 16.9. The first-order valence-corrected chi connectivity index (χ1v) is 11.0. The Balaban J connectivity index is 0.000000339. The van der Waals surface area contributed by atoms with Crippen molar-refractivity contribution in [3.8, 4) is 10.6 Å². The molecule has 1 aliphatic carbocycles. The second-order valence-electron chi connectivity index (χ2n) is 7.59. The standard InChI is InChI=1S/C19H24N4S.C2HF3O2/c20-19-22-21-18(24-19)16-8-6-14(7-9-16)15-10-12-23(13-11-15)17-4-2-1-3-5-17;3-2(4,5)1(6)7/h6-10,17H,1-5,11-13H2,(H2,20,22);(H,6,7). The quantitative estimate of drug-likeness (QED) is 0.689. The van der Waals surface area contributed by atoms with E-state index in [0.717, 1.165) is 29.6 Å². The highest BCUT2D eigenvalue weighted by molar-refractivity contribution is 7.18. The summed E-state index contributed by atoms with van der Waals surface area (Å²) in [4.78, 5) is 11.6. The number of halogens is 3. The van der Waals surface area contributed by atoms with Crippen molar-refractivity contribution in [1.29, 1.82) is 0 Å². The molecule has 4 rings (SSSR count). The lowest BCUT2D eigenvalue weighted by Crippen LogP contribution is -2.39. The highest BCUT2D eigenvalue weighted by Crippen LogP contribution is 2.30. The lowest BCUT2D eigenvalue weighted by Gasteiger charge is -2.36. The molecule has 0 atom stereocenters. The van der Waals surface area contributed by atoms with Crippen LogP contribution in [-0.4, -0.2) is 51.5 Å². The SMILES string of the molecule is Nc1nnc(-c2ccc(C3=CCN(C4CCCCC4)CC3)cc2)s1.O=C(O)C(F)(F)F. The van der Waals surface area contributed by atoms with E-state index in [1.807, 2.05) is 0 Å². The van der Waals surface area contributed by atoms with Gasteiger partial charge in [-0.25, -0.2) is 4.79 Å². The van der Waals surface area contributed by atoms with Gasteiger partial charge in [0.1, 0.15) is 5.01 Å². The van der Waals surface area contributed by atoms with Gasteiger partial charge in [0.15, 0.2) is 0 Å². The van der Waals surface area contributed by atoms with E-state index in [1.54, 1.807) is 0 Å². The number of nitrogens with two attached hydrogens (primary N) is 1. The molecule has 2 aliphatic rings. The summed E-state index contributed by atoms with van der Waals surface area (Å²) in [5, 5.41) is 16.5. The molecule has 1 fully saturated rings. The number of anilines is 1. The minimum Gasteiger partial charge on any atom is -0.475 e. The largest absolute Gasteiger partial charge is 0.490 e. The van der Waals surface area contributed by atoms with Crippen LogP contribution in [0.15, 0.2) is 30.3 Å². The Kier molecular flexibility index (Phi) is 7.66. The van der Waals surface area contributed by atoms with Crippen LogP contribution in [0.1, 0.15) is 44.1 Å². The van der Waals surface area contributed by atoms with Crippen LogP contribution < -0.4 is 5.73 Å². The van der Waals surface area contributed by atoms with Crippen LogP contribution in [0.2, 0.25) is 0 Å². The van der Waals surface area contributed by atoms with Crippen LogP contribution in [0.4, 0.5) is 18.3 Å². The molecule has 0 bridgehead atoms. The molecule has 6 nitrogen and oxygen atoms in total. The predicted molar refractivity (Wildman–Crippen MR) is 114 cm³/mol. The van der Waals surface area contributed by atoms with Crippen molar-refractivity contribution >= 4 is 28.0 Å². The van der Waals surface area contributed by atoms with Crippen LogP contribution in [-0.2, 0) is 4.79 Å².